The second-order valence-corrected chi connectivity index (χ2v) is 3.35. The Kier molecular flexibility index (Phi) is 1.81. The molecule has 1 aliphatic carbocycles. The van der Waals surface area contributed by atoms with Gasteiger partial charge in [-0.05, 0) is 36.1 Å². The Morgan fingerprint density at radius 1 is 1.31 bits per heavy atom. The van der Waals surface area contributed by atoms with E-state index >= 15 is 0 Å². The Balaban J connectivity index is 2.40. The maximum Gasteiger partial charge on any atom is 0.335 e. The monoisotopic (exact) mass is 178 g/mol. The van der Waals surface area contributed by atoms with E-state index in [0.717, 1.165) is 11.1 Å². The smallest absolute Gasteiger partial charge is 0.335 e. The minimum absolute atomic E-state index is 0.299. The van der Waals surface area contributed by atoms with Gasteiger partial charge in [-0.15, -0.1) is 0 Å². The van der Waals surface area contributed by atoms with Crippen molar-refractivity contribution in [2.45, 2.75) is 18.9 Å². The summed E-state index contributed by atoms with van der Waals surface area (Å²) in [7, 11) is 0. The second-order valence-electron chi connectivity index (χ2n) is 3.35. The number of carboxylic acids is 1. The lowest BCUT2D eigenvalue weighted by atomic mass is 10.1. The highest BCUT2D eigenvalue weighted by molar-refractivity contribution is 5.88. The van der Waals surface area contributed by atoms with Gasteiger partial charge in [-0.1, -0.05) is 6.07 Å². The summed E-state index contributed by atoms with van der Waals surface area (Å²) in [5.41, 5.74) is 2.33. The Hall–Kier alpha value is -1.35. The van der Waals surface area contributed by atoms with Crippen LogP contribution >= 0.6 is 0 Å². The third kappa shape index (κ3) is 1.42. The minimum Gasteiger partial charge on any atom is -0.478 e. The van der Waals surface area contributed by atoms with Gasteiger partial charge in [0.05, 0.1) is 11.7 Å². The molecule has 1 aromatic rings. The predicted molar refractivity (Wildman–Crippen MR) is 46.8 cm³/mol. The summed E-state index contributed by atoms with van der Waals surface area (Å²) in [4.78, 5) is 10.6. The van der Waals surface area contributed by atoms with Crippen molar-refractivity contribution >= 4 is 5.97 Å². The van der Waals surface area contributed by atoms with Crippen molar-refractivity contribution in [2.24, 2.45) is 0 Å². The van der Waals surface area contributed by atoms with Gasteiger partial charge in [0.15, 0.2) is 0 Å². The fourth-order valence-corrected chi connectivity index (χ4v) is 1.73. The highest BCUT2D eigenvalue weighted by Gasteiger charge is 2.19. The van der Waals surface area contributed by atoms with Crippen LogP contribution in [0.25, 0.3) is 0 Å². The molecule has 1 aromatic carbocycles. The molecule has 3 heteroatoms. The van der Waals surface area contributed by atoms with E-state index in [2.05, 4.69) is 0 Å². The lowest BCUT2D eigenvalue weighted by Gasteiger charge is -1.99. The van der Waals surface area contributed by atoms with Gasteiger partial charge in [0.25, 0.3) is 0 Å². The maximum atomic E-state index is 10.6. The fourth-order valence-electron chi connectivity index (χ4n) is 1.73. The van der Waals surface area contributed by atoms with E-state index in [4.69, 9.17) is 5.11 Å². The van der Waals surface area contributed by atoms with Crippen molar-refractivity contribution in [3.63, 3.8) is 0 Å². The van der Waals surface area contributed by atoms with Crippen LogP contribution in [0.4, 0.5) is 0 Å². The summed E-state index contributed by atoms with van der Waals surface area (Å²) >= 11 is 0. The number of aliphatic hydroxyl groups excluding tert-OH is 1. The topological polar surface area (TPSA) is 57.5 Å². The molecule has 68 valence electrons. The van der Waals surface area contributed by atoms with Crippen molar-refractivity contribution in [1.29, 1.82) is 0 Å². The molecule has 1 atom stereocenters. The van der Waals surface area contributed by atoms with Crippen LogP contribution in [0, 0.1) is 0 Å². The number of aromatic carboxylic acids is 1. The first-order valence-electron chi connectivity index (χ1n) is 4.20. The molecule has 0 aromatic heterocycles. The molecule has 0 aliphatic heterocycles. The number of carbonyl (C=O) groups is 1. The Labute approximate surface area is 75.6 Å². The highest BCUT2D eigenvalue weighted by atomic mass is 16.4. The van der Waals surface area contributed by atoms with Gasteiger partial charge in [0.1, 0.15) is 0 Å². The van der Waals surface area contributed by atoms with Crippen molar-refractivity contribution < 1.29 is 15.0 Å². The van der Waals surface area contributed by atoms with Crippen LogP contribution in [-0.4, -0.2) is 22.3 Å². The Bertz CT molecular complexity index is 357. The van der Waals surface area contributed by atoms with Crippen LogP contribution in [0.2, 0.25) is 0 Å². The number of hydrogen-bond donors (Lipinski definition) is 2. The van der Waals surface area contributed by atoms with E-state index in [0.29, 0.717) is 18.4 Å². The molecule has 0 amide bonds. The van der Waals surface area contributed by atoms with Gasteiger partial charge in [-0.3, -0.25) is 0 Å². The van der Waals surface area contributed by atoms with Gasteiger partial charge in [-0.2, -0.15) is 0 Å². The summed E-state index contributed by atoms with van der Waals surface area (Å²) in [6.45, 7) is 0. The fraction of sp³-hybridized carbons (Fsp3) is 0.300. The molecule has 3 nitrogen and oxygen atoms in total. The molecule has 0 heterocycles. The number of hydrogen-bond acceptors (Lipinski definition) is 2. The SMILES string of the molecule is O=C(O)c1ccc2c(c1)CC(O)C2. The molecular weight excluding hydrogens is 168 g/mol. The highest BCUT2D eigenvalue weighted by Crippen LogP contribution is 2.23. The molecule has 2 N–H and O–H groups in total. The molecule has 0 spiro atoms. The number of fused-ring (bicyclic) bond motifs is 1. The van der Waals surface area contributed by atoms with E-state index < -0.39 is 5.97 Å². The van der Waals surface area contributed by atoms with E-state index in [1.54, 1.807) is 18.2 Å². The van der Waals surface area contributed by atoms with Crippen LogP contribution in [-0.2, 0) is 12.8 Å². The minimum atomic E-state index is -0.913. The summed E-state index contributed by atoms with van der Waals surface area (Å²) in [6.07, 6.45) is 0.894. The van der Waals surface area contributed by atoms with E-state index in [-0.39, 0.29) is 6.10 Å². The molecule has 0 bridgehead atoms. The zero-order chi connectivity index (χ0) is 9.42. The van der Waals surface area contributed by atoms with Gasteiger partial charge in [0, 0.05) is 0 Å². The number of benzene rings is 1. The molecule has 13 heavy (non-hydrogen) atoms. The van der Waals surface area contributed by atoms with Crippen LogP contribution < -0.4 is 0 Å². The third-order valence-corrected chi connectivity index (χ3v) is 2.36. The Morgan fingerprint density at radius 3 is 2.69 bits per heavy atom. The summed E-state index contributed by atoms with van der Waals surface area (Å²) in [6, 6.07) is 5.02. The van der Waals surface area contributed by atoms with Crippen LogP contribution in [0.15, 0.2) is 18.2 Å². The molecular formula is C10H10O3. The first-order chi connectivity index (χ1) is 6.16. The standard InChI is InChI=1S/C10H10O3/c11-9-4-6-1-2-7(10(12)13)3-8(6)5-9/h1-3,9,11H,4-5H2,(H,12,13). The van der Waals surface area contributed by atoms with E-state index in [1.165, 1.54) is 0 Å². The summed E-state index contributed by atoms with van der Waals surface area (Å²) in [5, 5.41) is 18.1. The van der Waals surface area contributed by atoms with Crippen molar-refractivity contribution in [3.8, 4) is 0 Å². The molecule has 0 saturated carbocycles. The predicted octanol–water partition coefficient (Wildman–Crippen LogP) is 0.844. The van der Waals surface area contributed by atoms with E-state index in [1.807, 2.05) is 0 Å². The first-order valence-corrected chi connectivity index (χ1v) is 4.20. The maximum absolute atomic E-state index is 10.6. The molecule has 0 fully saturated rings. The van der Waals surface area contributed by atoms with Gasteiger partial charge < -0.3 is 10.2 Å². The Morgan fingerprint density at radius 2 is 2.00 bits per heavy atom. The van der Waals surface area contributed by atoms with Crippen LogP contribution in [0.1, 0.15) is 21.5 Å². The lowest BCUT2D eigenvalue weighted by Crippen LogP contribution is -2.03. The van der Waals surface area contributed by atoms with Gasteiger partial charge in [0.2, 0.25) is 0 Å². The number of aliphatic hydroxyl groups is 1. The quantitative estimate of drug-likeness (QED) is 0.670. The van der Waals surface area contributed by atoms with Crippen LogP contribution in [0.5, 0.6) is 0 Å². The average Bonchev–Trinajstić information content (AvgIpc) is 2.42. The normalized spacial score (nSPS) is 19.9. The molecule has 0 saturated heterocycles. The third-order valence-electron chi connectivity index (χ3n) is 2.36. The lowest BCUT2D eigenvalue weighted by molar-refractivity contribution is 0.0696. The summed E-state index contributed by atoms with van der Waals surface area (Å²) < 4.78 is 0. The van der Waals surface area contributed by atoms with Crippen molar-refractivity contribution in [1.82, 2.24) is 0 Å². The van der Waals surface area contributed by atoms with Crippen LogP contribution in [0.3, 0.4) is 0 Å². The molecule has 2 rings (SSSR count). The van der Waals surface area contributed by atoms with Crippen molar-refractivity contribution in [3.05, 3.63) is 34.9 Å². The molecule has 0 radical (unpaired) electrons. The molecule has 1 aliphatic rings. The largest absolute Gasteiger partial charge is 0.478 e. The zero-order valence-corrected chi connectivity index (χ0v) is 7.03. The number of carboxylic acid groups (broad SMARTS) is 1. The number of rotatable bonds is 1. The average molecular weight is 178 g/mol. The summed E-state index contributed by atoms with van der Waals surface area (Å²) in [5.74, 6) is -0.913. The van der Waals surface area contributed by atoms with Gasteiger partial charge in [-0.25, -0.2) is 4.79 Å². The van der Waals surface area contributed by atoms with Crippen molar-refractivity contribution in [2.75, 3.05) is 0 Å². The second kappa shape index (κ2) is 2.85. The zero-order valence-electron chi connectivity index (χ0n) is 7.03. The first kappa shape index (κ1) is 8.26. The molecule has 1 unspecified atom stereocenters. The van der Waals surface area contributed by atoms with Gasteiger partial charge >= 0.3 is 5.97 Å². The van der Waals surface area contributed by atoms with E-state index in [9.17, 15) is 9.90 Å².